The molecule has 18 heavy (non-hydrogen) atoms. The number of ether oxygens (including phenoxy) is 1. The summed E-state index contributed by atoms with van der Waals surface area (Å²) in [5.74, 6) is 0.526. The van der Waals surface area contributed by atoms with Crippen LogP contribution >= 0.6 is 11.6 Å². The number of methoxy groups -OCH3 is 1. The van der Waals surface area contributed by atoms with Gasteiger partial charge in [0.2, 0.25) is 0 Å². The smallest absolute Gasteiger partial charge is 0.389 e. The van der Waals surface area contributed by atoms with E-state index in [-0.39, 0.29) is 13.0 Å². The van der Waals surface area contributed by atoms with Crippen molar-refractivity contribution < 1.29 is 17.9 Å². The van der Waals surface area contributed by atoms with Crippen molar-refractivity contribution in [2.75, 3.05) is 19.0 Å². The van der Waals surface area contributed by atoms with E-state index in [0.717, 1.165) is 5.56 Å². The highest BCUT2D eigenvalue weighted by Gasteiger charge is 2.25. The van der Waals surface area contributed by atoms with Gasteiger partial charge in [-0.25, -0.2) is 0 Å². The van der Waals surface area contributed by atoms with Gasteiger partial charge in [-0.2, -0.15) is 13.2 Å². The van der Waals surface area contributed by atoms with Crippen molar-refractivity contribution in [3.8, 4) is 5.75 Å². The van der Waals surface area contributed by atoms with Crippen molar-refractivity contribution >= 4 is 17.3 Å². The summed E-state index contributed by atoms with van der Waals surface area (Å²) < 4.78 is 41.0. The first-order chi connectivity index (χ1) is 8.33. The van der Waals surface area contributed by atoms with E-state index in [4.69, 9.17) is 16.3 Å². The van der Waals surface area contributed by atoms with Crippen LogP contribution in [0.2, 0.25) is 5.02 Å². The predicted octanol–water partition coefficient (Wildman–Crippen LogP) is 4.41. The van der Waals surface area contributed by atoms with Crippen molar-refractivity contribution in [1.82, 2.24) is 0 Å². The lowest BCUT2D eigenvalue weighted by molar-refractivity contribution is -0.134. The van der Waals surface area contributed by atoms with Crippen LogP contribution in [0.1, 0.15) is 18.4 Å². The highest BCUT2D eigenvalue weighted by molar-refractivity contribution is 6.31. The van der Waals surface area contributed by atoms with Crippen LogP contribution in [0.15, 0.2) is 12.1 Å². The lowest BCUT2D eigenvalue weighted by Gasteiger charge is -2.13. The monoisotopic (exact) mass is 281 g/mol. The van der Waals surface area contributed by atoms with E-state index in [9.17, 15) is 13.2 Å². The normalized spacial score (nSPS) is 11.4. The Balaban J connectivity index is 2.59. The maximum Gasteiger partial charge on any atom is 0.389 e. The Hall–Kier alpha value is -1.10. The summed E-state index contributed by atoms with van der Waals surface area (Å²) in [5, 5.41) is 3.48. The molecule has 1 aromatic rings. The van der Waals surface area contributed by atoms with Gasteiger partial charge in [-0.15, -0.1) is 0 Å². The van der Waals surface area contributed by atoms with Crippen LogP contribution in [0.4, 0.5) is 18.9 Å². The lowest BCUT2D eigenvalue weighted by atomic mass is 10.2. The molecule has 0 radical (unpaired) electrons. The van der Waals surface area contributed by atoms with Crippen LogP contribution in [0.5, 0.6) is 5.75 Å². The van der Waals surface area contributed by atoms with Crippen molar-refractivity contribution in [3.05, 3.63) is 22.7 Å². The second kappa shape index (κ2) is 6.18. The largest absolute Gasteiger partial charge is 0.495 e. The van der Waals surface area contributed by atoms with E-state index in [2.05, 4.69) is 5.32 Å². The van der Waals surface area contributed by atoms with Gasteiger partial charge < -0.3 is 10.1 Å². The van der Waals surface area contributed by atoms with Crippen LogP contribution in [0, 0.1) is 6.92 Å². The highest BCUT2D eigenvalue weighted by Crippen LogP contribution is 2.31. The molecule has 0 aliphatic heterocycles. The summed E-state index contributed by atoms with van der Waals surface area (Å²) in [6.45, 7) is 2.06. The molecule has 0 atom stereocenters. The van der Waals surface area contributed by atoms with E-state index in [1.54, 1.807) is 12.1 Å². The molecule has 1 rings (SSSR count). The van der Waals surface area contributed by atoms with Crippen molar-refractivity contribution in [2.45, 2.75) is 25.9 Å². The molecule has 0 bridgehead atoms. The van der Waals surface area contributed by atoms with Crippen LogP contribution in [-0.4, -0.2) is 19.8 Å². The molecular formula is C12H15ClF3NO. The molecule has 0 saturated carbocycles. The fraction of sp³-hybridized carbons (Fsp3) is 0.500. The number of nitrogens with one attached hydrogen (secondary N) is 1. The maximum absolute atomic E-state index is 12.0. The molecule has 0 aromatic heterocycles. The van der Waals surface area contributed by atoms with E-state index >= 15 is 0 Å². The number of halogens is 4. The first-order valence-electron chi connectivity index (χ1n) is 5.48. The van der Waals surface area contributed by atoms with E-state index in [0.29, 0.717) is 16.5 Å². The molecule has 102 valence electrons. The van der Waals surface area contributed by atoms with Gasteiger partial charge in [0.15, 0.2) is 0 Å². The number of benzene rings is 1. The summed E-state index contributed by atoms with van der Waals surface area (Å²) in [7, 11) is 1.49. The van der Waals surface area contributed by atoms with Gasteiger partial charge in [0, 0.05) is 24.1 Å². The first kappa shape index (κ1) is 15.0. The summed E-state index contributed by atoms with van der Waals surface area (Å²) in [6.07, 6.45) is -4.88. The molecule has 0 amide bonds. The minimum Gasteiger partial charge on any atom is -0.495 e. The summed E-state index contributed by atoms with van der Waals surface area (Å²) in [5.41, 5.74) is 1.50. The summed E-state index contributed by atoms with van der Waals surface area (Å²) >= 11 is 5.93. The van der Waals surface area contributed by atoms with Crippen molar-refractivity contribution in [3.63, 3.8) is 0 Å². The Kier molecular flexibility index (Phi) is 5.14. The molecule has 0 unspecified atom stereocenters. The van der Waals surface area contributed by atoms with Gasteiger partial charge >= 0.3 is 6.18 Å². The van der Waals surface area contributed by atoms with E-state index in [1.807, 2.05) is 6.92 Å². The molecule has 0 spiro atoms. The fourth-order valence-electron chi connectivity index (χ4n) is 1.48. The predicted molar refractivity (Wildman–Crippen MR) is 66.5 cm³/mol. The Labute approximate surface area is 109 Å². The van der Waals surface area contributed by atoms with Gasteiger partial charge in [0.1, 0.15) is 5.75 Å². The zero-order valence-electron chi connectivity index (χ0n) is 10.2. The van der Waals surface area contributed by atoms with E-state index in [1.165, 1.54) is 7.11 Å². The standard InChI is InChI=1S/C12H15ClF3NO/c1-8-6-10(11(18-2)7-9(8)13)17-5-3-4-12(14,15)16/h6-7,17H,3-5H2,1-2H3. The molecular weight excluding hydrogens is 267 g/mol. The van der Waals surface area contributed by atoms with Crippen LogP contribution in [0.25, 0.3) is 0 Å². The molecule has 1 aromatic carbocycles. The Morgan fingerprint density at radius 3 is 2.56 bits per heavy atom. The Morgan fingerprint density at radius 2 is 2.00 bits per heavy atom. The second-order valence-corrected chi connectivity index (χ2v) is 4.35. The van der Waals surface area contributed by atoms with Gasteiger partial charge in [-0.05, 0) is 25.0 Å². The van der Waals surface area contributed by atoms with Crippen LogP contribution in [-0.2, 0) is 0 Å². The number of aryl methyl sites for hydroxylation is 1. The van der Waals surface area contributed by atoms with Crippen molar-refractivity contribution in [2.24, 2.45) is 0 Å². The molecule has 0 fully saturated rings. The zero-order chi connectivity index (χ0) is 13.8. The Morgan fingerprint density at radius 1 is 1.33 bits per heavy atom. The molecule has 2 nitrogen and oxygen atoms in total. The first-order valence-corrected chi connectivity index (χ1v) is 5.86. The lowest BCUT2D eigenvalue weighted by Crippen LogP contribution is -2.11. The molecule has 0 aliphatic rings. The minimum absolute atomic E-state index is 0.0222. The topological polar surface area (TPSA) is 21.3 Å². The third-order valence-corrected chi connectivity index (χ3v) is 2.84. The number of anilines is 1. The number of hydrogen-bond acceptors (Lipinski definition) is 2. The third kappa shape index (κ3) is 4.64. The number of hydrogen-bond donors (Lipinski definition) is 1. The average molecular weight is 282 g/mol. The Bertz CT molecular complexity index is 407. The van der Waals surface area contributed by atoms with Gasteiger partial charge in [-0.3, -0.25) is 0 Å². The maximum atomic E-state index is 12.0. The van der Waals surface area contributed by atoms with Gasteiger partial charge in [0.25, 0.3) is 0 Å². The van der Waals surface area contributed by atoms with Crippen LogP contribution in [0.3, 0.4) is 0 Å². The minimum atomic E-state index is -4.11. The third-order valence-electron chi connectivity index (χ3n) is 2.43. The van der Waals surface area contributed by atoms with E-state index < -0.39 is 12.6 Å². The molecule has 6 heteroatoms. The van der Waals surface area contributed by atoms with Gasteiger partial charge in [-0.1, -0.05) is 11.6 Å². The van der Waals surface area contributed by atoms with Crippen LogP contribution < -0.4 is 10.1 Å². The van der Waals surface area contributed by atoms with Crippen molar-refractivity contribution in [1.29, 1.82) is 0 Å². The zero-order valence-corrected chi connectivity index (χ0v) is 11.0. The highest BCUT2D eigenvalue weighted by atomic mass is 35.5. The van der Waals surface area contributed by atoms with Gasteiger partial charge in [0.05, 0.1) is 12.8 Å². The number of rotatable bonds is 5. The number of alkyl halides is 3. The summed E-state index contributed by atoms with van der Waals surface area (Å²) in [6, 6.07) is 3.40. The summed E-state index contributed by atoms with van der Waals surface area (Å²) in [4.78, 5) is 0. The fourth-order valence-corrected chi connectivity index (χ4v) is 1.64. The molecule has 0 aliphatic carbocycles. The second-order valence-electron chi connectivity index (χ2n) is 3.95. The SMILES string of the molecule is COc1cc(Cl)c(C)cc1NCCCC(F)(F)F. The average Bonchev–Trinajstić information content (AvgIpc) is 2.27. The molecule has 0 heterocycles. The quantitative estimate of drug-likeness (QED) is 0.807. The molecule has 0 saturated heterocycles. The molecule has 1 N–H and O–H groups in total.